The molecule has 0 aromatic heterocycles. The summed E-state index contributed by atoms with van der Waals surface area (Å²) in [6.07, 6.45) is 0. The van der Waals surface area contributed by atoms with E-state index >= 15 is 0 Å². The van der Waals surface area contributed by atoms with Crippen molar-refractivity contribution in [2.45, 2.75) is 31.1 Å². The van der Waals surface area contributed by atoms with E-state index in [1.165, 1.54) is 12.1 Å². The summed E-state index contributed by atoms with van der Waals surface area (Å²) in [5, 5.41) is 41.7. The van der Waals surface area contributed by atoms with Gasteiger partial charge in [-0.3, -0.25) is 17.5 Å². The Morgan fingerprint density at radius 3 is 1.19 bits per heavy atom. The molecule has 0 aliphatic rings. The minimum absolute atomic E-state index is 0. The largest absolute Gasteiger partial charge is 1.00 e. The molecule has 9 nitrogen and oxygen atoms in total. The van der Waals surface area contributed by atoms with Crippen LogP contribution in [-0.2, 0) is 15.5 Å². The van der Waals surface area contributed by atoms with Gasteiger partial charge in [-0.1, -0.05) is 32.9 Å². The molecule has 0 unspecified atom stereocenters. The van der Waals surface area contributed by atoms with Gasteiger partial charge in [-0.25, -0.2) is 0 Å². The maximum Gasteiger partial charge on any atom is 1.00 e. The van der Waals surface area contributed by atoms with E-state index in [-0.39, 0.29) is 30.6 Å². The Hall–Kier alpha value is -0.528. The van der Waals surface area contributed by atoms with Crippen LogP contribution in [0.1, 0.15) is 27.8 Å². The number of hydrogen-bond donors (Lipinski definition) is 7. The van der Waals surface area contributed by atoms with Gasteiger partial charge in [0.05, 0.1) is 4.90 Å². The van der Waals surface area contributed by atoms with Crippen LogP contribution in [-0.4, -0.2) is 65.3 Å². The molecule has 0 aliphatic heterocycles. The third-order valence-corrected chi connectivity index (χ3v) is 2.89. The van der Waals surface area contributed by atoms with Crippen LogP contribution in [0.2, 0.25) is 0 Å². The summed E-state index contributed by atoms with van der Waals surface area (Å²) in [7, 11) is -12.1. The fourth-order valence-electron chi connectivity index (χ4n) is 1.13. The van der Waals surface area contributed by atoms with Gasteiger partial charge >= 0.3 is 41.0 Å². The van der Waals surface area contributed by atoms with Gasteiger partial charge in [0.1, 0.15) is 0 Å². The first-order chi connectivity index (χ1) is 11.4. The molecule has 0 radical (unpaired) electrons. The molecule has 0 fully saturated rings. The van der Waals surface area contributed by atoms with Crippen molar-refractivity contribution in [1.29, 1.82) is 0 Å². The van der Waals surface area contributed by atoms with E-state index < -0.39 is 32.3 Å². The fraction of sp³-hybridized carbons (Fsp3) is 0.400. The smallest absolute Gasteiger partial charge is 1.00 e. The van der Waals surface area contributed by atoms with Crippen molar-refractivity contribution in [1.82, 2.24) is 0 Å². The summed E-state index contributed by atoms with van der Waals surface area (Å²) in [6.45, 7) is 6.11. The van der Waals surface area contributed by atoms with Crippen LogP contribution in [0.4, 0.5) is 12.9 Å². The Morgan fingerprint density at radius 2 is 1.04 bits per heavy atom. The summed E-state index contributed by atoms with van der Waals surface area (Å²) in [5.41, 5.74) is 1.02. The molecule has 0 heterocycles. The van der Waals surface area contributed by atoms with Gasteiger partial charge in [0, 0.05) is 0 Å². The molecule has 0 amide bonds. The SMILES string of the molecule is CC(C)(C)c1ccc(S(=O)(=O)O)cc1.OB(O)F.OB(O)F.OB(O)F.[H-].[Li+]. The van der Waals surface area contributed by atoms with E-state index in [2.05, 4.69) is 0 Å². The molecular weight excluding hydrogens is 393 g/mol. The van der Waals surface area contributed by atoms with E-state index in [0.717, 1.165) is 5.56 Å². The van der Waals surface area contributed by atoms with Crippen molar-refractivity contribution >= 4 is 32.3 Å². The molecule has 0 saturated heterocycles. The maximum atomic E-state index is 10.7. The molecule has 0 aliphatic carbocycles. The van der Waals surface area contributed by atoms with Gasteiger partial charge in [0.15, 0.2) is 0 Å². The predicted molar refractivity (Wildman–Crippen MR) is 90.0 cm³/mol. The monoisotopic (exact) mass is 414 g/mol. The molecule has 0 saturated carbocycles. The third kappa shape index (κ3) is 30.4. The van der Waals surface area contributed by atoms with Gasteiger partial charge in [-0.2, -0.15) is 8.42 Å². The van der Waals surface area contributed by atoms with Crippen LogP contribution in [0, 0.1) is 0 Å². The molecular formula is C10H21B3F3LiO9S. The summed E-state index contributed by atoms with van der Waals surface area (Å²) in [5.74, 6) is 0. The molecule has 1 aromatic carbocycles. The number of hydrogen-bond acceptors (Lipinski definition) is 8. The Balaban J connectivity index is -0.000000105. The number of rotatable bonds is 1. The second-order valence-electron chi connectivity index (χ2n) is 5.18. The van der Waals surface area contributed by atoms with Crippen molar-refractivity contribution in [3.05, 3.63) is 29.8 Å². The predicted octanol–water partition coefficient (Wildman–Crippen LogP) is -3.88. The van der Waals surface area contributed by atoms with Crippen molar-refractivity contribution in [2.24, 2.45) is 0 Å². The minimum Gasteiger partial charge on any atom is -1.00 e. The molecule has 7 N–H and O–H groups in total. The number of benzene rings is 1. The van der Waals surface area contributed by atoms with E-state index in [9.17, 15) is 21.4 Å². The Morgan fingerprint density at radius 1 is 0.815 bits per heavy atom. The Labute approximate surface area is 169 Å². The number of halogens is 3. The standard InChI is InChI=1S/C10H14O3S.3BFH2O2.Li.H/c1-10(2,3)8-4-6-9(7-5-8)14(11,12)13;3*2-1(3)4;;/h4-7H,1-3H3,(H,11,12,13);3*3-4H;;/q;;;;+1;-1. The maximum absolute atomic E-state index is 10.7. The molecule has 0 atom stereocenters. The average molecular weight is 414 g/mol. The second-order valence-corrected chi connectivity index (χ2v) is 6.60. The molecule has 0 bridgehead atoms. The van der Waals surface area contributed by atoms with Gasteiger partial charge < -0.3 is 31.6 Å². The Bertz CT molecular complexity index is 555. The zero-order valence-electron chi connectivity index (χ0n) is 16.0. The normalized spacial score (nSPS) is 9.67. The van der Waals surface area contributed by atoms with Crippen LogP contribution < -0.4 is 18.9 Å². The average Bonchev–Trinajstić information content (AvgIpc) is 2.34. The summed E-state index contributed by atoms with van der Waals surface area (Å²) in [6, 6.07) is 6.25. The van der Waals surface area contributed by atoms with Crippen LogP contribution in [0.15, 0.2) is 29.2 Å². The Kier molecular flexibility index (Phi) is 20.7. The summed E-state index contributed by atoms with van der Waals surface area (Å²) < 4.78 is 60.6. The van der Waals surface area contributed by atoms with Gasteiger partial charge in [-0.15, -0.1) is 0 Å². The van der Waals surface area contributed by atoms with Crippen LogP contribution in [0.5, 0.6) is 0 Å². The van der Waals surface area contributed by atoms with Crippen molar-refractivity contribution in [3.63, 3.8) is 0 Å². The molecule has 17 heteroatoms. The summed E-state index contributed by atoms with van der Waals surface area (Å²) >= 11 is 0. The van der Waals surface area contributed by atoms with Gasteiger partial charge in [0.25, 0.3) is 10.1 Å². The van der Waals surface area contributed by atoms with E-state index in [1.807, 2.05) is 20.8 Å². The summed E-state index contributed by atoms with van der Waals surface area (Å²) in [4.78, 5) is -0.0644. The first kappa shape index (κ1) is 34.0. The van der Waals surface area contributed by atoms with Crippen molar-refractivity contribution in [2.75, 3.05) is 0 Å². The van der Waals surface area contributed by atoms with Crippen molar-refractivity contribution in [3.8, 4) is 0 Å². The van der Waals surface area contributed by atoms with E-state index in [4.69, 9.17) is 34.7 Å². The molecule has 27 heavy (non-hydrogen) atoms. The van der Waals surface area contributed by atoms with Gasteiger partial charge in [-0.05, 0) is 23.1 Å². The third-order valence-electron chi connectivity index (χ3n) is 2.02. The van der Waals surface area contributed by atoms with Crippen LogP contribution in [0.3, 0.4) is 0 Å². The molecule has 1 aromatic rings. The topological polar surface area (TPSA) is 176 Å². The molecule has 0 spiro atoms. The van der Waals surface area contributed by atoms with Gasteiger partial charge in [0.2, 0.25) is 0 Å². The zero-order valence-corrected chi connectivity index (χ0v) is 15.8. The van der Waals surface area contributed by atoms with E-state index in [1.54, 1.807) is 12.1 Å². The first-order valence-corrected chi connectivity index (χ1v) is 7.94. The van der Waals surface area contributed by atoms with Crippen LogP contribution >= 0.6 is 0 Å². The minimum atomic E-state index is -4.07. The zero-order chi connectivity index (χ0) is 21.7. The molecule has 1 rings (SSSR count). The van der Waals surface area contributed by atoms with E-state index in [0.29, 0.717) is 0 Å². The fourth-order valence-corrected chi connectivity index (χ4v) is 1.61. The quantitative estimate of drug-likeness (QED) is 0.179. The van der Waals surface area contributed by atoms with Crippen LogP contribution in [0.25, 0.3) is 0 Å². The molecule has 152 valence electrons. The van der Waals surface area contributed by atoms with Crippen molar-refractivity contribution < 1.29 is 76.3 Å². The first-order valence-electron chi connectivity index (χ1n) is 6.50. The second kappa shape index (κ2) is 16.4.